The van der Waals surface area contributed by atoms with Gasteiger partial charge in [-0.15, -0.1) is 5.75 Å². The molecular formula is C11H20NNiO8+3. The van der Waals surface area contributed by atoms with Gasteiger partial charge in [0.1, 0.15) is 6.29 Å². The molecule has 0 spiro atoms. The second-order valence-corrected chi connectivity index (χ2v) is 3.19. The number of rotatable bonds is 4. The molecule has 0 bridgehead atoms. The zero-order chi connectivity index (χ0) is 12.1. The van der Waals surface area contributed by atoms with Crippen molar-refractivity contribution in [3.05, 3.63) is 29.3 Å². The predicted molar refractivity (Wildman–Crippen MR) is 71.6 cm³/mol. The Bertz CT molecular complexity index is 452. The first-order valence-electron chi connectivity index (χ1n) is 4.55. The van der Waals surface area contributed by atoms with Gasteiger partial charge in [-0.3, -0.25) is 9.79 Å². The summed E-state index contributed by atoms with van der Waals surface area (Å²) in [6.45, 7) is 1.33. The van der Waals surface area contributed by atoms with Crippen molar-refractivity contribution in [2.24, 2.45) is 4.99 Å². The van der Waals surface area contributed by atoms with Crippen LogP contribution in [0.5, 0.6) is 5.75 Å². The van der Waals surface area contributed by atoms with Crippen LogP contribution in [0.2, 0.25) is 0 Å². The van der Waals surface area contributed by atoms with Crippen molar-refractivity contribution in [3.63, 3.8) is 0 Å². The first-order chi connectivity index (χ1) is 7.54. The van der Waals surface area contributed by atoms with Gasteiger partial charge in [0.25, 0.3) is 0 Å². The van der Waals surface area contributed by atoms with Crippen LogP contribution >= 0.6 is 0 Å². The van der Waals surface area contributed by atoms with Gasteiger partial charge >= 0.3 is 16.5 Å². The number of aliphatic carboxylic acids is 1. The van der Waals surface area contributed by atoms with Crippen molar-refractivity contribution in [2.75, 3.05) is 0 Å². The minimum absolute atomic E-state index is 0. The van der Waals surface area contributed by atoms with Crippen molar-refractivity contribution in [3.8, 4) is 5.75 Å². The Balaban J connectivity index is -0.000000171. The summed E-state index contributed by atoms with van der Waals surface area (Å²) in [7, 11) is 0. The van der Waals surface area contributed by atoms with E-state index in [9.17, 15) is 19.8 Å². The topological polar surface area (TPSA) is 223 Å². The van der Waals surface area contributed by atoms with Gasteiger partial charge in [-0.05, 0) is 18.6 Å². The maximum Gasteiger partial charge on any atom is 2.00 e. The molecule has 0 heterocycles. The van der Waals surface area contributed by atoms with Crippen LogP contribution in [0.15, 0.2) is 23.2 Å². The van der Waals surface area contributed by atoms with Crippen LogP contribution in [-0.2, 0) is 37.7 Å². The van der Waals surface area contributed by atoms with E-state index in [0.29, 0.717) is 11.8 Å². The van der Waals surface area contributed by atoms with Crippen LogP contribution in [-0.4, -0.2) is 30.0 Å². The molecule has 1 aromatic carbocycles. The number of carboxylic acids is 1. The van der Waals surface area contributed by atoms with Gasteiger partial charge in [-0.2, -0.15) is 0 Å². The average Bonchev–Trinajstić information content (AvgIpc) is 2.27. The quantitative estimate of drug-likeness (QED) is 0.226. The summed E-state index contributed by atoms with van der Waals surface area (Å²) in [4.78, 5) is 24.5. The van der Waals surface area contributed by atoms with E-state index >= 15 is 0 Å². The molecule has 11 N–H and O–H groups in total. The molecule has 1 rings (SSSR count). The summed E-state index contributed by atoms with van der Waals surface area (Å²) in [6, 6.07) is 2.93. The fourth-order valence-corrected chi connectivity index (χ4v) is 0.994. The molecule has 0 fully saturated rings. The number of hydrogen-bond donors (Lipinski definition) is 0. The standard InChI is InChI=1S/C11H11NO4.Ni.4H2O/c1-7(11(15)16)12-5-9-4-8(6-13)2-3-10(9)14;;;;;/h2-7,14H,1H3,(H,15,16);;4*1H2/q;+2;;;;/p+1/t7-;;;;;/m1...../s1. The monoisotopic (exact) mass is 352 g/mol. The minimum Gasteiger partial charge on any atom is -0.872 e. The Kier molecular flexibility index (Phi) is 21.9. The molecular weight excluding hydrogens is 333 g/mol. The molecule has 21 heavy (non-hydrogen) atoms. The molecule has 9 nitrogen and oxygen atoms in total. The maximum absolute atomic E-state index is 11.3. The smallest absolute Gasteiger partial charge is 0.872 e. The third-order valence-electron chi connectivity index (χ3n) is 1.95. The van der Waals surface area contributed by atoms with E-state index in [0.717, 1.165) is 6.21 Å². The molecule has 0 aromatic heterocycles. The van der Waals surface area contributed by atoms with E-state index in [2.05, 4.69) is 4.99 Å². The van der Waals surface area contributed by atoms with Crippen molar-refractivity contribution in [1.82, 2.24) is 0 Å². The van der Waals surface area contributed by atoms with Gasteiger partial charge in [0, 0.05) is 11.8 Å². The van der Waals surface area contributed by atoms with E-state index in [1.54, 1.807) is 0 Å². The van der Waals surface area contributed by atoms with E-state index < -0.39 is 12.0 Å². The summed E-state index contributed by atoms with van der Waals surface area (Å²) < 4.78 is 0. The Hall–Kier alpha value is -1.84. The molecule has 124 valence electrons. The molecule has 1 aromatic rings. The fourth-order valence-electron chi connectivity index (χ4n) is 0.994. The van der Waals surface area contributed by atoms with Crippen molar-refractivity contribution in [2.45, 2.75) is 13.0 Å². The molecule has 0 aliphatic heterocycles. The summed E-state index contributed by atoms with van der Waals surface area (Å²) >= 11 is 0. The zero-order valence-electron chi connectivity index (χ0n) is 11.1. The van der Waals surface area contributed by atoms with E-state index in [-0.39, 0.29) is 49.7 Å². The second-order valence-electron chi connectivity index (χ2n) is 3.19. The molecule has 0 aliphatic carbocycles. The van der Waals surface area contributed by atoms with Gasteiger partial charge in [0.15, 0.2) is 0 Å². The van der Waals surface area contributed by atoms with Crippen LogP contribution in [0.4, 0.5) is 0 Å². The summed E-state index contributed by atoms with van der Waals surface area (Å²) in [6.07, 6.45) is 1.73. The Morgan fingerprint density at radius 2 is 1.81 bits per heavy atom. The largest absolute Gasteiger partial charge is 2.00 e. The van der Waals surface area contributed by atoms with Crippen molar-refractivity contribution in [1.29, 1.82) is 0 Å². The number of nitrogens with zero attached hydrogens (tertiary/aromatic N) is 1. The zero-order valence-corrected chi connectivity index (χ0v) is 12.1. The van der Waals surface area contributed by atoms with Crippen molar-refractivity contribution < 1.29 is 58.2 Å². The van der Waals surface area contributed by atoms with Crippen LogP contribution in [0.3, 0.4) is 0 Å². The van der Waals surface area contributed by atoms with Gasteiger partial charge in [-0.25, -0.2) is 0 Å². The second kappa shape index (κ2) is 14.6. The molecule has 0 amide bonds. The Morgan fingerprint density at radius 3 is 2.24 bits per heavy atom. The number of carboxylic acid groups (broad SMARTS) is 1. The average molecular weight is 353 g/mol. The Labute approximate surface area is 130 Å². The maximum atomic E-state index is 11.3. The number of aliphatic imine (C=N–C) groups is 1. The molecule has 1 atom stereocenters. The molecule has 10 heteroatoms. The van der Waals surface area contributed by atoms with Crippen LogP contribution in [0.25, 0.3) is 0 Å². The normalized spacial score (nSPS) is 9.57. The van der Waals surface area contributed by atoms with E-state index in [1.807, 2.05) is 0 Å². The molecule has 0 aliphatic rings. The number of benzene rings is 1. The number of aldehydes is 1. The number of carbonyl (C=O) groups excluding carboxylic acids is 2. The summed E-state index contributed by atoms with van der Waals surface area (Å²) in [5.41, 5.74) is 0.514. The SMILES string of the molecule is C[C@@H](N=Cc1cc(C=O)ccc1[O-])C(=O)[O-].O.[Ni+2].[OH3+].[OH3+].[OH3+]. The molecule has 0 saturated carbocycles. The first-order valence-corrected chi connectivity index (χ1v) is 4.55. The van der Waals surface area contributed by atoms with Gasteiger partial charge < -0.3 is 36.9 Å². The van der Waals surface area contributed by atoms with E-state index in [4.69, 9.17) is 0 Å². The number of hydrogen-bond acceptors (Lipinski definition) is 5. The number of carbonyl (C=O) groups is 2. The Morgan fingerprint density at radius 1 is 1.29 bits per heavy atom. The summed E-state index contributed by atoms with van der Waals surface area (Å²) in [5, 5.41) is 21.7. The molecule has 0 radical (unpaired) electrons. The van der Waals surface area contributed by atoms with Gasteiger partial charge in [-0.1, -0.05) is 12.1 Å². The van der Waals surface area contributed by atoms with Crippen LogP contribution in [0.1, 0.15) is 22.8 Å². The predicted octanol–water partition coefficient (Wildman–Crippen LogP) is -4.46. The van der Waals surface area contributed by atoms with Gasteiger partial charge in [0.2, 0.25) is 0 Å². The van der Waals surface area contributed by atoms with Gasteiger partial charge in [0.05, 0.1) is 12.0 Å². The first kappa shape index (κ1) is 31.5. The van der Waals surface area contributed by atoms with E-state index in [1.165, 1.54) is 25.1 Å². The van der Waals surface area contributed by atoms with Crippen LogP contribution in [0, 0.1) is 0 Å². The minimum atomic E-state index is -1.32. The summed E-state index contributed by atoms with van der Waals surface area (Å²) in [5.74, 6) is -1.64. The molecule has 0 unspecified atom stereocenters. The molecule has 0 saturated heterocycles. The van der Waals surface area contributed by atoms with Crippen molar-refractivity contribution >= 4 is 18.5 Å². The fraction of sp³-hybridized carbons (Fsp3) is 0.182. The third-order valence-corrected chi connectivity index (χ3v) is 1.95. The van der Waals surface area contributed by atoms with Crippen LogP contribution < -0.4 is 10.2 Å². The third kappa shape index (κ3) is 9.66.